The zero-order valence-corrected chi connectivity index (χ0v) is 23.3. The molecular weight excluding hydrogens is 556 g/mol. The summed E-state index contributed by atoms with van der Waals surface area (Å²) in [5, 5.41) is 0.671. The SMILES string of the molecule is CN1CCN(CCCOc2ccc3nccc(Oc4ccc(NSc5ccccc5C(F)(F)F)cc4F)c3c2)CC1. The van der Waals surface area contributed by atoms with Gasteiger partial charge in [0.2, 0.25) is 0 Å². The number of benzene rings is 3. The Bertz CT molecular complexity index is 1480. The molecule has 2 heterocycles. The van der Waals surface area contributed by atoms with Gasteiger partial charge in [0, 0.05) is 61.0 Å². The van der Waals surface area contributed by atoms with Gasteiger partial charge in [0.05, 0.1) is 17.7 Å². The summed E-state index contributed by atoms with van der Waals surface area (Å²) in [6.07, 6.45) is -2.00. The predicted octanol–water partition coefficient (Wildman–Crippen LogP) is 7.32. The van der Waals surface area contributed by atoms with Gasteiger partial charge in [-0.15, -0.1) is 0 Å². The van der Waals surface area contributed by atoms with Crippen molar-refractivity contribution in [2.45, 2.75) is 17.5 Å². The highest BCUT2D eigenvalue weighted by molar-refractivity contribution is 8.00. The fraction of sp³-hybridized carbons (Fsp3) is 0.300. The molecule has 3 aromatic carbocycles. The van der Waals surface area contributed by atoms with Gasteiger partial charge in [-0.3, -0.25) is 4.98 Å². The van der Waals surface area contributed by atoms with Crippen LogP contribution in [0.25, 0.3) is 10.9 Å². The van der Waals surface area contributed by atoms with Crippen molar-refractivity contribution in [1.82, 2.24) is 14.8 Å². The number of ether oxygens (including phenoxy) is 2. The Morgan fingerprint density at radius 2 is 1.76 bits per heavy atom. The van der Waals surface area contributed by atoms with Crippen LogP contribution in [0.15, 0.2) is 77.8 Å². The number of alkyl halides is 3. The molecule has 0 amide bonds. The fourth-order valence-corrected chi connectivity index (χ4v) is 5.29. The minimum atomic E-state index is -4.49. The normalized spacial score (nSPS) is 14.8. The van der Waals surface area contributed by atoms with Crippen molar-refractivity contribution in [2.24, 2.45) is 0 Å². The summed E-state index contributed by atoms with van der Waals surface area (Å²) < 4.78 is 69.4. The molecule has 216 valence electrons. The van der Waals surface area contributed by atoms with E-state index >= 15 is 0 Å². The van der Waals surface area contributed by atoms with Crippen molar-refractivity contribution < 1.29 is 27.0 Å². The van der Waals surface area contributed by atoms with Crippen LogP contribution in [0.1, 0.15) is 12.0 Å². The summed E-state index contributed by atoms with van der Waals surface area (Å²) in [5.74, 6) is 0.388. The predicted molar refractivity (Wildman–Crippen MR) is 153 cm³/mol. The van der Waals surface area contributed by atoms with E-state index in [9.17, 15) is 17.6 Å². The Hall–Kier alpha value is -3.54. The fourth-order valence-electron chi connectivity index (χ4n) is 4.50. The van der Waals surface area contributed by atoms with Gasteiger partial charge in [0.25, 0.3) is 0 Å². The smallest absolute Gasteiger partial charge is 0.417 e. The number of hydrogen-bond donors (Lipinski definition) is 1. The summed E-state index contributed by atoms with van der Waals surface area (Å²) in [5.41, 5.74) is 0.204. The van der Waals surface area contributed by atoms with E-state index in [0.29, 0.717) is 34.7 Å². The third-order valence-corrected chi connectivity index (χ3v) is 7.69. The van der Waals surface area contributed by atoms with Crippen molar-refractivity contribution in [3.05, 3.63) is 84.3 Å². The Morgan fingerprint density at radius 3 is 2.54 bits per heavy atom. The number of halogens is 4. The number of fused-ring (bicyclic) bond motifs is 1. The van der Waals surface area contributed by atoms with Crippen LogP contribution in [0, 0.1) is 5.82 Å². The Kier molecular flexibility index (Phi) is 9.16. The van der Waals surface area contributed by atoms with E-state index in [1.165, 1.54) is 30.3 Å². The molecule has 0 atom stereocenters. The average molecular weight is 587 g/mol. The molecule has 0 unspecified atom stereocenters. The first-order chi connectivity index (χ1) is 19.8. The lowest BCUT2D eigenvalue weighted by Gasteiger charge is -2.32. The second-order valence-corrected chi connectivity index (χ2v) is 10.6. The van der Waals surface area contributed by atoms with Crippen LogP contribution in [0.4, 0.5) is 23.2 Å². The molecule has 0 bridgehead atoms. The minimum Gasteiger partial charge on any atom is -0.494 e. The number of rotatable bonds is 10. The first kappa shape index (κ1) is 29.0. The molecule has 1 aliphatic rings. The largest absolute Gasteiger partial charge is 0.494 e. The van der Waals surface area contributed by atoms with Gasteiger partial charge in [-0.2, -0.15) is 13.2 Å². The van der Waals surface area contributed by atoms with E-state index < -0.39 is 17.6 Å². The van der Waals surface area contributed by atoms with Crippen molar-refractivity contribution in [3.8, 4) is 17.2 Å². The van der Waals surface area contributed by atoms with Gasteiger partial charge < -0.3 is 24.0 Å². The highest BCUT2D eigenvalue weighted by atomic mass is 32.2. The molecule has 6 nitrogen and oxygen atoms in total. The van der Waals surface area contributed by atoms with Gasteiger partial charge in [0.1, 0.15) is 11.5 Å². The number of hydrogen-bond acceptors (Lipinski definition) is 7. The highest BCUT2D eigenvalue weighted by Crippen LogP contribution is 2.38. The Balaban J connectivity index is 1.22. The highest BCUT2D eigenvalue weighted by Gasteiger charge is 2.33. The third kappa shape index (κ3) is 7.60. The lowest BCUT2D eigenvalue weighted by atomic mass is 10.2. The molecule has 0 aliphatic carbocycles. The second-order valence-electron chi connectivity index (χ2n) is 9.78. The maximum Gasteiger partial charge on any atom is 0.417 e. The lowest BCUT2D eigenvalue weighted by molar-refractivity contribution is -0.139. The number of nitrogens with zero attached hydrogens (tertiary/aromatic N) is 3. The van der Waals surface area contributed by atoms with Crippen LogP contribution < -0.4 is 14.2 Å². The van der Waals surface area contributed by atoms with Crippen molar-refractivity contribution in [2.75, 3.05) is 51.1 Å². The monoisotopic (exact) mass is 586 g/mol. The molecule has 41 heavy (non-hydrogen) atoms. The summed E-state index contributed by atoms with van der Waals surface area (Å²) in [6.45, 7) is 5.85. The van der Waals surface area contributed by atoms with Crippen LogP contribution in [-0.4, -0.2) is 61.2 Å². The van der Waals surface area contributed by atoms with E-state index in [-0.39, 0.29) is 10.6 Å². The van der Waals surface area contributed by atoms with Gasteiger partial charge in [0.15, 0.2) is 11.6 Å². The van der Waals surface area contributed by atoms with Crippen molar-refractivity contribution in [1.29, 1.82) is 0 Å². The number of likely N-dealkylation sites (N-methyl/N-ethyl adjacent to an activating group) is 1. The van der Waals surface area contributed by atoms with Crippen LogP contribution in [-0.2, 0) is 6.18 Å². The standard InChI is InChI=1S/C30H30F4N4O2S/c1-37-14-16-38(17-15-37)13-4-18-39-22-8-9-26-23(20-22)27(11-12-35-26)40-28-10-7-21(19-25(28)31)36-41-29-6-3-2-5-24(29)30(32,33)34/h2-3,5-12,19-20,36H,4,13-18H2,1H3. The number of anilines is 1. The van der Waals surface area contributed by atoms with Gasteiger partial charge in [-0.1, -0.05) is 12.1 Å². The van der Waals surface area contributed by atoms with Crippen molar-refractivity contribution >= 4 is 28.5 Å². The van der Waals surface area contributed by atoms with Crippen LogP contribution in [0.3, 0.4) is 0 Å². The number of piperazine rings is 1. The number of pyridine rings is 1. The van der Waals surface area contributed by atoms with Gasteiger partial charge in [-0.25, -0.2) is 4.39 Å². The molecule has 4 aromatic rings. The van der Waals surface area contributed by atoms with Crippen LogP contribution in [0.2, 0.25) is 0 Å². The maximum absolute atomic E-state index is 15.0. The summed E-state index contributed by atoms with van der Waals surface area (Å²) in [6, 6.07) is 16.5. The lowest BCUT2D eigenvalue weighted by Crippen LogP contribution is -2.44. The quantitative estimate of drug-likeness (QED) is 0.119. The van der Waals surface area contributed by atoms with Crippen LogP contribution in [0.5, 0.6) is 17.2 Å². The molecule has 0 spiro atoms. The molecule has 1 fully saturated rings. The Labute approximate surface area is 240 Å². The zero-order valence-electron chi connectivity index (χ0n) is 22.5. The third-order valence-electron chi connectivity index (χ3n) is 6.78. The topological polar surface area (TPSA) is 49.9 Å². The van der Waals surface area contributed by atoms with E-state index in [0.717, 1.165) is 57.2 Å². The molecule has 1 saturated heterocycles. The molecule has 1 aromatic heterocycles. The minimum absolute atomic E-state index is 0.0126. The second kappa shape index (κ2) is 13.0. The molecular formula is C30H30F4N4O2S. The van der Waals surface area contributed by atoms with E-state index in [1.807, 2.05) is 18.2 Å². The summed E-state index contributed by atoms with van der Waals surface area (Å²) in [4.78, 5) is 9.12. The molecule has 1 N–H and O–H groups in total. The molecule has 0 saturated carbocycles. The number of aromatic nitrogens is 1. The first-order valence-electron chi connectivity index (χ1n) is 13.3. The maximum atomic E-state index is 15.0. The summed E-state index contributed by atoms with van der Waals surface area (Å²) >= 11 is 0.761. The van der Waals surface area contributed by atoms with E-state index in [1.54, 1.807) is 18.3 Å². The zero-order chi connectivity index (χ0) is 28.8. The summed E-state index contributed by atoms with van der Waals surface area (Å²) in [7, 11) is 2.14. The van der Waals surface area contributed by atoms with Gasteiger partial charge >= 0.3 is 6.18 Å². The Morgan fingerprint density at radius 1 is 0.951 bits per heavy atom. The van der Waals surface area contributed by atoms with Gasteiger partial charge in [-0.05, 0) is 73.9 Å². The van der Waals surface area contributed by atoms with E-state index in [2.05, 4.69) is 26.6 Å². The molecule has 5 rings (SSSR count). The molecule has 11 heteroatoms. The number of nitrogens with one attached hydrogen (secondary N) is 1. The average Bonchev–Trinajstić information content (AvgIpc) is 2.96. The first-order valence-corrected chi connectivity index (χ1v) is 14.1. The molecule has 0 radical (unpaired) electrons. The van der Waals surface area contributed by atoms with Crippen LogP contribution >= 0.6 is 11.9 Å². The molecule has 1 aliphatic heterocycles. The van der Waals surface area contributed by atoms with E-state index in [4.69, 9.17) is 9.47 Å². The van der Waals surface area contributed by atoms with Crippen molar-refractivity contribution in [3.63, 3.8) is 0 Å².